The Balaban J connectivity index is 2.23. The van der Waals surface area contributed by atoms with Gasteiger partial charge in [-0.05, 0) is 6.07 Å². The molecule has 0 atom stereocenters. The molecule has 0 unspecified atom stereocenters. The average Bonchev–Trinajstić information content (AvgIpc) is 2.37. The fourth-order valence-corrected chi connectivity index (χ4v) is 2.76. The molecule has 1 aliphatic heterocycles. The first-order chi connectivity index (χ1) is 8.68. The van der Waals surface area contributed by atoms with E-state index in [-0.39, 0.29) is 5.69 Å². The van der Waals surface area contributed by atoms with Crippen LogP contribution in [-0.4, -0.2) is 9.03 Å². The molecule has 0 amide bonds. The van der Waals surface area contributed by atoms with Crippen molar-refractivity contribution in [3.05, 3.63) is 58.1 Å². The van der Waals surface area contributed by atoms with Crippen LogP contribution in [0.5, 0.6) is 0 Å². The average molecular weight is 257 g/mol. The molecule has 0 saturated carbocycles. The molecule has 0 saturated heterocycles. The summed E-state index contributed by atoms with van der Waals surface area (Å²) in [5.41, 5.74) is 11.5. The number of hydrogen-bond acceptors (Lipinski definition) is 3. The molecule has 0 N–H and O–H groups in total. The lowest BCUT2D eigenvalue weighted by Gasteiger charge is -2.18. The van der Waals surface area contributed by atoms with Crippen LogP contribution in [0, 0.1) is 10.1 Å². The first-order valence-corrected chi connectivity index (χ1v) is 5.99. The smallest absolute Gasteiger partial charge is 0.277 e. The van der Waals surface area contributed by atoms with Crippen molar-refractivity contribution in [1.82, 2.24) is 0 Å². The minimum Gasteiger partial charge on any atom is -0.484 e. The van der Waals surface area contributed by atoms with E-state index >= 15 is 0 Å². The third kappa shape index (κ3) is 1.50. The molecule has 88 valence electrons. The van der Waals surface area contributed by atoms with Crippen LogP contribution in [0.25, 0.3) is 16.7 Å². The summed E-state index contributed by atoms with van der Waals surface area (Å²) in [6.45, 7) is 0. The highest BCUT2D eigenvalue weighted by Gasteiger charge is 2.32. The van der Waals surface area contributed by atoms with Crippen molar-refractivity contribution in [1.29, 1.82) is 0 Å². The summed E-state index contributed by atoms with van der Waals surface area (Å²) in [5.74, 6) is 0. The largest absolute Gasteiger partial charge is 0.484 e. The van der Waals surface area contributed by atoms with Crippen LogP contribution in [0.2, 0.25) is 0 Å². The monoisotopic (exact) mass is 257 g/mol. The van der Waals surface area contributed by atoms with Gasteiger partial charge in [0.2, 0.25) is 5.69 Å². The van der Waals surface area contributed by atoms with E-state index in [4.69, 9.17) is 0 Å². The van der Waals surface area contributed by atoms with Gasteiger partial charge in [0.1, 0.15) is 0 Å². The maximum atomic E-state index is 11.0. The van der Waals surface area contributed by atoms with Crippen LogP contribution in [-0.2, 0) is 0 Å². The normalized spacial score (nSPS) is 12.8. The van der Waals surface area contributed by atoms with Crippen LogP contribution in [0.3, 0.4) is 0 Å². The second-order valence-corrected chi connectivity index (χ2v) is 4.73. The Morgan fingerprint density at radius 3 is 2.56 bits per heavy atom. The molecule has 1 aliphatic rings. The molecule has 1 heterocycles. The van der Waals surface area contributed by atoms with Crippen LogP contribution in [0.1, 0.15) is 0 Å². The minimum atomic E-state index is -0.394. The van der Waals surface area contributed by atoms with E-state index in [1.165, 1.54) is 6.07 Å². The van der Waals surface area contributed by atoms with Gasteiger partial charge in [-0.15, -0.1) is 0 Å². The van der Waals surface area contributed by atoms with E-state index in [1.807, 2.05) is 6.07 Å². The molecule has 0 aromatic heterocycles. The Kier molecular flexibility index (Phi) is 2.38. The van der Waals surface area contributed by atoms with Gasteiger partial charge in [0.05, 0.1) is 10.5 Å². The highest BCUT2D eigenvalue weighted by molar-refractivity contribution is 7.94. The lowest BCUT2D eigenvalue weighted by Crippen LogP contribution is -2.03. The van der Waals surface area contributed by atoms with Gasteiger partial charge in [0.15, 0.2) is 16.8 Å². The lowest BCUT2D eigenvalue weighted by atomic mass is 10.0. The topological polar surface area (TPSA) is 68.5 Å². The quantitative estimate of drug-likeness (QED) is 0.354. The predicted molar refractivity (Wildman–Crippen MR) is 67.7 cm³/mol. The zero-order valence-corrected chi connectivity index (χ0v) is 9.92. The Morgan fingerprint density at radius 1 is 1.11 bits per heavy atom. The molecule has 2 aromatic rings. The Labute approximate surface area is 107 Å². The molecule has 0 bridgehead atoms. The van der Waals surface area contributed by atoms with Crippen molar-refractivity contribution in [2.45, 2.75) is 4.90 Å². The number of hydrogen-bond donors (Lipinski definition) is 0. The van der Waals surface area contributed by atoms with Crippen LogP contribution in [0.4, 0.5) is 11.4 Å². The third-order valence-electron chi connectivity index (χ3n) is 2.77. The number of nitrogens with zero attached hydrogens (tertiary/aromatic N) is 3. The number of nitro benzene ring substituents is 1. The van der Waals surface area contributed by atoms with E-state index in [9.17, 15) is 15.6 Å². The van der Waals surface area contributed by atoms with Crippen molar-refractivity contribution in [2.24, 2.45) is 0 Å². The lowest BCUT2D eigenvalue weighted by molar-refractivity contribution is -0.384. The summed E-state index contributed by atoms with van der Waals surface area (Å²) in [7, 11) is 0. The molecule has 0 fully saturated rings. The SMILES string of the molecule is [N-]=[N+]1Sc2c(-c3ccccc3[N+](=O)[O-])cccc21. The summed E-state index contributed by atoms with van der Waals surface area (Å²) in [6, 6.07) is 12.0. The van der Waals surface area contributed by atoms with Gasteiger partial charge in [0, 0.05) is 17.7 Å². The Hall–Kier alpha value is -2.21. The molecule has 0 spiro atoms. The van der Waals surface area contributed by atoms with Gasteiger partial charge in [-0.1, -0.05) is 24.3 Å². The van der Waals surface area contributed by atoms with Crippen LogP contribution in [0.15, 0.2) is 47.4 Å². The Bertz CT molecular complexity index is 685. The van der Waals surface area contributed by atoms with Crippen LogP contribution < -0.4 is 0 Å². The van der Waals surface area contributed by atoms with Crippen molar-refractivity contribution >= 4 is 23.3 Å². The number of fused-ring (bicyclic) bond motifs is 1. The second kappa shape index (κ2) is 3.92. The molecule has 6 heteroatoms. The van der Waals surface area contributed by atoms with Crippen molar-refractivity contribution in [3.63, 3.8) is 0 Å². The van der Waals surface area contributed by atoms with E-state index < -0.39 is 4.92 Å². The highest BCUT2D eigenvalue weighted by atomic mass is 32.2. The number of rotatable bonds is 2. The summed E-state index contributed by atoms with van der Waals surface area (Å²) in [6.07, 6.45) is 0. The molecule has 3 rings (SSSR count). The number of nitro groups is 1. The van der Waals surface area contributed by atoms with E-state index in [0.29, 0.717) is 11.3 Å². The van der Waals surface area contributed by atoms with E-state index in [0.717, 1.165) is 26.5 Å². The standard InChI is InChI=1S/C12H7N3O2S/c13-14-11-7-3-5-9(12(11)18-14)8-4-1-2-6-10(8)15(16)17/h1-7H. The molecule has 18 heavy (non-hydrogen) atoms. The summed E-state index contributed by atoms with van der Waals surface area (Å²) < 4.78 is 1.05. The Morgan fingerprint density at radius 2 is 1.83 bits per heavy atom. The molecule has 0 radical (unpaired) electrons. The molecular weight excluding hydrogens is 250 g/mol. The first kappa shape index (κ1) is 10.9. The molecule has 2 aromatic carbocycles. The fourth-order valence-electron chi connectivity index (χ4n) is 1.94. The fraction of sp³-hybridized carbons (Fsp3) is 0. The molecule has 0 aliphatic carbocycles. The maximum absolute atomic E-state index is 11.0. The zero-order chi connectivity index (χ0) is 12.7. The summed E-state index contributed by atoms with van der Waals surface area (Å²) in [4.78, 5) is 11.5. The van der Waals surface area contributed by atoms with Gasteiger partial charge in [-0.3, -0.25) is 10.1 Å². The number of para-hydroxylation sites is 1. The van der Waals surface area contributed by atoms with Crippen molar-refractivity contribution in [2.75, 3.05) is 0 Å². The van der Waals surface area contributed by atoms with Crippen molar-refractivity contribution in [3.8, 4) is 11.1 Å². The second-order valence-electron chi connectivity index (χ2n) is 3.79. The van der Waals surface area contributed by atoms with E-state index in [1.54, 1.807) is 30.3 Å². The highest BCUT2D eigenvalue weighted by Crippen LogP contribution is 2.50. The van der Waals surface area contributed by atoms with Gasteiger partial charge < -0.3 is 5.53 Å². The van der Waals surface area contributed by atoms with Gasteiger partial charge in [-0.25, -0.2) is 4.10 Å². The third-order valence-corrected chi connectivity index (χ3v) is 3.75. The van der Waals surface area contributed by atoms with Crippen LogP contribution >= 0.6 is 11.9 Å². The molecular formula is C12H7N3O2S. The van der Waals surface area contributed by atoms with E-state index in [2.05, 4.69) is 0 Å². The van der Waals surface area contributed by atoms with Gasteiger partial charge in [-0.2, -0.15) is 0 Å². The van der Waals surface area contributed by atoms with Gasteiger partial charge >= 0.3 is 0 Å². The molecule has 5 nitrogen and oxygen atoms in total. The summed E-state index contributed by atoms with van der Waals surface area (Å²) in [5, 5.41) is 11.0. The minimum absolute atomic E-state index is 0.0721. The predicted octanol–water partition coefficient (Wildman–Crippen LogP) is 3.95. The maximum Gasteiger partial charge on any atom is 0.277 e. The summed E-state index contributed by atoms with van der Waals surface area (Å²) >= 11 is 1.16. The number of benzene rings is 2. The van der Waals surface area contributed by atoms with Gasteiger partial charge in [0.25, 0.3) is 5.69 Å². The zero-order valence-electron chi connectivity index (χ0n) is 9.11. The van der Waals surface area contributed by atoms with Crippen molar-refractivity contribution < 1.29 is 9.03 Å². The first-order valence-electron chi connectivity index (χ1n) is 5.22.